The van der Waals surface area contributed by atoms with Gasteiger partial charge in [0.1, 0.15) is 0 Å². The smallest absolute Gasteiger partial charge is 0.280 e. The molecule has 0 radical (unpaired) electrons. The highest BCUT2D eigenvalue weighted by atomic mass is 16.5. The lowest BCUT2D eigenvalue weighted by Gasteiger charge is -2.11. The van der Waals surface area contributed by atoms with Crippen LogP contribution < -0.4 is 14.5 Å². The summed E-state index contributed by atoms with van der Waals surface area (Å²) in [5.74, 6) is 1.12. The van der Waals surface area contributed by atoms with Gasteiger partial charge in [-0.25, -0.2) is 0 Å². The molecule has 5 nitrogen and oxygen atoms in total. The van der Waals surface area contributed by atoms with E-state index in [0.717, 1.165) is 11.3 Å². The van der Waals surface area contributed by atoms with Crippen molar-refractivity contribution in [3.05, 3.63) is 59.7 Å². The maximum Gasteiger partial charge on any atom is 0.280 e. The molecule has 0 aliphatic carbocycles. The molecule has 0 bridgehead atoms. The molecule has 1 amide bonds. The van der Waals surface area contributed by atoms with Crippen LogP contribution in [0, 0.1) is 0 Å². The van der Waals surface area contributed by atoms with Crippen molar-refractivity contribution in [3.63, 3.8) is 0 Å². The second kappa shape index (κ2) is 6.58. The Morgan fingerprint density at radius 1 is 1.00 bits per heavy atom. The van der Waals surface area contributed by atoms with Crippen LogP contribution in [0.15, 0.2) is 59.2 Å². The average Bonchev–Trinajstić information content (AvgIpc) is 2.90. The highest BCUT2D eigenvalue weighted by Crippen LogP contribution is 2.30. The number of hydrazone groups is 1. The van der Waals surface area contributed by atoms with E-state index < -0.39 is 0 Å². The molecular weight excluding hydrogens is 304 g/mol. The minimum Gasteiger partial charge on any atom is -0.493 e. The van der Waals surface area contributed by atoms with Crippen LogP contribution in [-0.4, -0.2) is 25.8 Å². The van der Waals surface area contributed by atoms with Gasteiger partial charge in [0, 0.05) is 0 Å². The lowest BCUT2D eigenvalue weighted by molar-refractivity contribution is -0.114. The summed E-state index contributed by atoms with van der Waals surface area (Å²) in [6.45, 7) is 1.83. The van der Waals surface area contributed by atoms with Gasteiger partial charge < -0.3 is 9.47 Å². The zero-order valence-electron chi connectivity index (χ0n) is 13.8. The van der Waals surface area contributed by atoms with Crippen molar-refractivity contribution in [2.45, 2.75) is 6.92 Å². The van der Waals surface area contributed by atoms with Gasteiger partial charge in [0.25, 0.3) is 5.91 Å². The van der Waals surface area contributed by atoms with E-state index in [1.165, 1.54) is 5.01 Å². The fourth-order valence-electron chi connectivity index (χ4n) is 2.54. The van der Waals surface area contributed by atoms with Gasteiger partial charge in [-0.1, -0.05) is 24.3 Å². The number of nitrogens with zero attached hydrogens (tertiary/aromatic N) is 2. The van der Waals surface area contributed by atoms with Crippen molar-refractivity contribution >= 4 is 23.4 Å². The summed E-state index contributed by atoms with van der Waals surface area (Å²) in [5, 5.41) is 5.79. The lowest BCUT2D eigenvalue weighted by Crippen LogP contribution is -2.21. The first-order valence-electron chi connectivity index (χ1n) is 7.53. The first-order valence-corrected chi connectivity index (χ1v) is 7.53. The fourth-order valence-corrected chi connectivity index (χ4v) is 2.54. The van der Waals surface area contributed by atoms with Gasteiger partial charge in [-0.15, -0.1) is 0 Å². The molecule has 1 heterocycles. The number of hydrogen-bond acceptors (Lipinski definition) is 4. The summed E-state index contributed by atoms with van der Waals surface area (Å²) in [5.41, 5.74) is 2.84. The topological polar surface area (TPSA) is 51.1 Å². The van der Waals surface area contributed by atoms with Gasteiger partial charge in [-0.2, -0.15) is 10.1 Å². The second-order valence-corrected chi connectivity index (χ2v) is 5.31. The first kappa shape index (κ1) is 15.8. The minimum absolute atomic E-state index is 0.145. The van der Waals surface area contributed by atoms with E-state index in [0.29, 0.717) is 22.8 Å². The van der Waals surface area contributed by atoms with Crippen molar-refractivity contribution in [1.82, 2.24) is 0 Å². The number of ether oxygens (including phenoxy) is 2. The number of benzene rings is 2. The molecule has 0 atom stereocenters. The maximum absolute atomic E-state index is 12.7. The molecule has 1 aliphatic heterocycles. The Morgan fingerprint density at radius 3 is 2.38 bits per heavy atom. The summed E-state index contributed by atoms with van der Waals surface area (Å²) < 4.78 is 10.5. The van der Waals surface area contributed by atoms with Gasteiger partial charge in [0.05, 0.1) is 31.2 Å². The van der Waals surface area contributed by atoms with Gasteiger partial charge in [0.15, 0.2) is 11.5 Å². The minimum atomic E-state index is -0.145. The molecule has 0 saturated carbocycles. The van der Waals surface area contributed by atoms with Gasteiger partial charge in [-0.3, -0.25) is 4.79 Å². The van der Waals surface area contributed by atoms with Crippen LogP contribution in [0.5, 0.6) is 11.5 Å². The molecular formula is C19H18N2O3. The van der Waals surface area contributed by atoms with Gasteiger partial charge in [-0.05, 0) is 42.8 Å². The van der Waals surface area contributed by atoms with Crippen LogP contribution in [0.1, 0.15) is 12.5 Å². The number of rotatable bonds is 4. The molecule has 0 fully saturated rings. The highest BCUT2D eigenvalue weighted by molar-refractivity contribution is 6.32. The molecule has 3 rings (SSSR count). The Kier molecular flexibility index (Phi) is 4.33. The van der Waals surface area contributed by atoms with E-state index in [9.17, 15) is 4.79 Å². The van der Waals surface area contributed by atoms with E-state index in [1.54, 1.807) is 14.2 Å². The molecule has 24 heavy (non-hydrogen) atoms. The van der Waals surface area contributed by atoms with Crippen molar-refractivity contribution in [2.24, 2.45) is 5.10 Å². The Morgan fingerprint density at radius 2 is 1.71 bits per heavy atom. The number of methoxy groups -OCH3 is 2. The van der Waals surface area contributed by atoms with E-state index >= 15 is 0 Å². The number of anilines is 1. The van der Waals surface area contributed by atoms with Crippen LogP contribution in [0.2, 0.25) is 0 Å². The van der Waals surface area contributed by atoms with Crippen LogP contribution >= 0.6 is 0 Å². The monoisotopic (exact) mass is 322 g/mol. The van der Waals surface area contributed by atoms with E-state index in [-0.39, 0.29) is 5.91 Å². The molecule has 5 heteroatoms. The average molecular weight is 322 g/mol. The van der Waals surface area contributed by atoms with E-state index in [2.05, 4.69) is 5.10 Å². The molecule has 0 unspecified atom stereocenters. The maximum atomic E-state index is 12.7. The van der Waals surface area contributed by atoms with E-state index in [4.69, 9.17) is 9.47 Å². The van der Waals surface area contributed by atoms with Crippen molar-refractivity contribution in [2.75, 3.05) is 19.2 Å². The third kappa shape index (κ3) is 2.88. The highest BCUT2D eigenvalue weighted by Gasteiger charge is 2.28. The lowest BCUT2D eigenvalue weighted by atomic mass is 10.1. The Balaban J connectivity index is 1.94. The Bertz CT molecular complexity index is 826. The van der Waals surface area contributed by atoms with Crippen LogP contribution in [0.4, 0.5) is 5.69 Å². The molecule has 0 saturated heterocycles. The van der Waals surface area contributed by atoms with E-state index in [1.807, 2.05) is 61.5 Å². The Hall–Kier alpha value is -3.08. The number of amides is 1. The normalized spacial score (nSPS) is 15.6. The molecule has 0 spiro atoms. The first-order chi connectivity index (χ1) is 11.6. The van der Waals surface area contributed by atoms with Crippen molar-refractivity contribution < 1.29 is 14.3 Å². The standard InChI is InChI=1S/C19H18N2O3/c1-13-16(11-14-9-10-17(23-2)18(12-14)24-3)19(22)21(20-13)15-7-5-4-6-8-15/h4-12H,1-3H3/b16-11+. The number of carbonyl (C=O) groups excluding carboxylic acids is 1. The summed E-state index contributed by atoms with van der Waals surface area (Å²) in [6, 6.07) is 14.9. The summed E-state index contributed by atoms with van der Waals surface area (Å²) in [7, 11) is 3.17. The zero-order chi connectivity index (χ0) is 17.1. The molecule has 2 aromatic rings. The van der Waals surface area contributed by atoms with Crippen LogP contribution in [0.25, 0.3) is 6.08 Å². The molecule has 122 valence electrons. The zero-order valence-corrected chi connectivity index (χ0v) is 13.8. The summed E-state index contributed by atoms with van der Waals surface area (Å²) in [4.78, 5) is 12.7. The van der Waals surface area contributed by atoms with Gasteiger partial charge in [0.2, 0.25) is 0 Å². The van der Waals surface area contributed by atoms with Crippen LogP contribution in [0.3, 0.4) is 0 Å². The molecule has 0 aromatic heterocycles. The summed E-state index contributed by atoms with van der Waals surface area (Å²) >= 11 is 0. The largest absolute Gasteiger partial charge is 0.493 e. The predicted molar refractivity (Wildman–Crippen MR) is 94.6 cm³/mol. The second-order valence-electron chi connectivity index (χ2n) is 5.31. The fraction of sp³-hybridized carbons (Fsp3) is 0.158. The SMILES string of the molecule is COc1ccc(/C=C2/C(=O)N(c3ccccc3)N=C2C)cc1OC. The number of carbonyl (C=O) groups is 1. The quantitative estimate of drug-likeness (QED) is 0.809. The third-order valence-electron chi connectivity index (χ3n) is 3.78. The van der Waals surface area contributed by atoms with Crippen LogP contribution in [-0.2, 0) is 4.79 Å². The molecule has 1 aliphatic rings. The molecule has 2 aromatic carbocycles. The number of hydrogen-bond donors (Lipinski definition) is 0. The number of para-hydroxylation sites is 1. The van der Waals surface area contributed by atoms with Crippen molar-refractivity contribution in [3.8, 4) is 11.5 Å². The predicted octanol–water partition coefficient (Wildman–Crippen LogP) is 3.51. The summed E-state index contributed by atoms with van der Waals surface area (Å²) in [6.07, 6.45) is 1.81. The van der Waals surface area contributed by atoms with Crippen molar-refractivity contribution in [1.29, 1.82) is 0 Å². The third-order valence-corrected chi connectivity index (χ3v) is 3.78. The molecule has 0 N–H and O–H groups in total. The Labute approximate surface area is 140 Å². The van der Waals surface area contributed by atoms with Gasteiger partial charge >= 0.3 is 0 Å².